The Morgan fingerprint density at radius 1 is 1.11 bits per heavy atom. The molecule has 1 aromatic carbocycles. The zero-order valence-corrected chi connectivity index (χ0v) is 16.5. The molecule has 0 aliphatic carbocycles. The van der Waals surface area contributed by atoms with Crippen LogP contribution in [0.1, 0.15) is 50.8 Å². The number of hydrogen-bond donors (Lipinski definition) is 1. The summed E-state index contributed by atoms with van der Waals surface area (Å²) >= 11 is 0. The number of anilines is 1. The van der Waals surface area contributed by atoms with Crippen LogP contribution in [0.25, 0.3) is 0 Å². The van der Waals surface area contributed by atoms with Crippen molar-refractivity contribution in [3.05, 3.63) is 46.5 Å². The Morgan fingerprint density at radius 2 is 1.89 bits per heavy atom. The van der Waals surface area contributed by atoms with E-state index in [4.69, 9.17) is 4.74 Å². The van der Waals surface area contributed by atoms with Gasteiger partial charge < -0.3 is 19.5 Å². The van der Waals surface area contributed by atoms with Gasteiger partial charge in [0.05, 0.1) is 18.9 Å². The molecule has 1 N–H and O–H groups in total. The molecule has 4 rings (SSSR count). The predicted octanol–water partition coefficient (Wildman–Crippen LogP) is 2.56. The monoisotopic (exact) mass is 382 g/mol. The summed E-state index contributed by atoms with van der Waals surface area (Å²) in [6, 6.07) is 5.83. The molecule has 0 atom stereocenters. The molecule has 0 spiro atoms. The summed E-state index contributed by atoms with van der Waals surface area (Å²) in [6.45, 7) is 6.93. The molecule has 7 heteroatoms. The highest BCUT2D eigenvalue weighted by molar-refractivity contribution is 6.05. The molecule has 2 aromatic rings. The first-order chi connectivity index (χ1) is 13.6. The molecule has 1 saturated heterocycles. The standard InChI is InChI=1S/C21H26N4O3/c1-14-6-5-7-16(15(14)2)22-20(26)18-17-8-3-4-9-25(17)19(23-18)21(27)24-10-12-28-13-11-24/h5-7H,3-4,8-13H2,1-2H3,(H,22,26). The highest BCUT2D eigenvalue weighted by Gasteiger charge is 2.30. The summed E-state index contributed by atoms with van der Waals surface area (Å²) in [5.41, 5.74) is 4.17. The van der Waals surface area contributed by atoms with Crippen LogP contribution in [0.5, 0.6) is 0 Å². The van der Waals surface area contributed by atoms with E-state index < -0.39 is 0 Å². The number of aryl methyl sites for hydroxylation is 1. The van der Waals surface area contributed by atoms with Gasteiger partial charge in [-0.2, -0.15) is 0 Å². The van der Waals surface area contributed by atoms with Crippen LogP contribution < -0.4 is 5.32 Å². The van der Waals surface area contributed by atoms with Gasteiger partial charge in [-0.15, -0.1) is 0 Å². The number of rotatable bonds is 3. The fraction of sp³-hybridized carbons (Fsp3) is 0.476. The van der Waals surface area contributed by atoms with Crippen molar-refractivity contribution in [2.75, 3.05) is 31.6 Å². The highest BCUT2D eigenvalue weighted by atomic mass is 16.5. The number of benzene rings is 1. The lowest BCUT2D eigenvalue weighted by atomic mass is 10.1. The lowest BCUT2D eigenvalue weighted by Crippen LogP contribution is -2.42. The van der Waals surface area contributed by atoms with E-state index in [9.17, 15) is 9.59 Å². The predicted molar refractivity (Wildman–Crippen MR) is 106 cm³/mol. The lowest BCUT2D eigenvalue weighted by molar-refractivity contribution is 0.0291. The van der Waals surface area contributed by atoms with Gasteiger partial charge >= 0.3 is 0 Å². The molecule has 2 aliphatic rings. The van der Waals surface area contributed by atoms with Crippen molar-refractivity contribution < 1.29 is 14.3 Å². The third-order valence-corrected chi connectivity index (χ3v) is 5.68. The van der Waals surface area contributed by atoms with Gasteiger partial charge in [-0.25, -0.2) is 4.98 Å². The number of hydrogen-bond acceptors (Lipinski definition) is 4. The molecule has 3 heterocycles. The van der Waals surface area contributed by atoms with E-state index in [0.717, 1.165) is 48.3 Å². The SMILES string of the molecule is Cc1cccc(NC(=O)c2nc(C(=O)N3CCOCC3)n3c2CCCC3)c1C. The molecule has 2 aliphatic heterocycles. The van der Waals surface area contributed by atoms with Crippen LogP contribution in [-0.2, 0) is 17.7 Å². The first kappa shape index (κ1) is 18.7. The molecule has 7 nitrogen and oxygen atoms in total. The van der Waals surface area contributed by atoms with Crippen LogP contribution >= 0.6 is 0 Å². The van der Waals surface area contributed by atoms with Crippen LogP contribution in [0.3, 0.4) is 0 Å². The number of nitrogens with one attached hydrogen (secondary N) is 1. The number of imidazole rings is 1. The number of amides is 2. The maximum Gasteiger partial charge on any atom is 0.290 e. The summed E-state index contributed by atoms with van der Waals surface area (Å²) < 4.78 is 7.29. The second-order valence-corrected chi connectivity index (χ2v) is 7.45. The fourth-order valence-electron chi connectivity index (χ4n) is 3.86. The van der Waals surface area contributed by atoms with E-state index in [2.05, 4.69) is 10.3 Å². The molecule has 148 valence electrons. The molecule has 1 fully saturated rings. The maximum atomic E-state index is 13.0. The van der Waals surface area contributed by atoms with Crippen LogP contribution in [0.15, 0.2) is 18.2 Å². The topological polar surface area (TPSA) is 76.5 Å². The summed E-state index contributed by atoms with van der Waals surface area (Å²) in [5, 5.41) is 2.99. The van der Waals surface area contributed by atoms with Gasteiger partial charge in [-0.3, -0.25) is 9.59 Å². The number of carbonyl (C=O) groups excluding carboxylic acids is 2. The third-order valence-electron chi connectivity index (χ3n) is 5.68. The van der Waals surface area contributed by atoms with Crippen LogP contribution in [0, 0.1) is 13.8 Å². The van der Waals surface area contributed by atoms with Gasteiger partial charge in [-0.1, -0.05) is 12.1 Å². The number of nitrogens with zero attached hydrogens (tertiary/aromatic N) is 3. The fourth-order valence-corrected chi connectivity index (χ4v) is 3.86. The van der Waals surface area contributed by atoms with Crippen molar-refractivity contribution in [3.63, 3.8) is 0 Å². The Bertz CT molecular complexity index is 913. The summed E-state index contributed by atoms with van der Waals surface area (Å²) in [5.74, 6) is 0.0142. The zero-order chi connectivity index (χ0) is 19.7. The number of aromatic nitrogens is 2. The van der Waals surface area contributed by atoms with Crippen molar-refractivity contribution in [3.8, 4) is 0 Å². The number of morpholine rings is 1. The van der Waals surface area contributed by atoms with Gasteiger partial charge in [0.2, 0.25) is 0 Å². The van der Waals surface area contributed by atoms with Crippen molar-refractivity contribution in [1.29, 1.82) is 0 Å². The molecule has 28 heavy (non-hydrogen) atoms. The summed E-state index contributed by atoms with van der Waals surface area (Å²) in [6.07, 6.45) is 2.75. The van der Waals surface area contributed by atoms with Gasteiger partial charge in [-0.05, 0) is 50.3 Å². The quantitative estimate of drug-likeness (QED) is 0.885. The third kappa shape index (κ3) is 3.42. The van der Waals surface area contributed by atoms with Crippen LogP contribution in [-0.4, -0.2) is 52.6 Å². The van der Waals surface area contributed by atoms with Gasteiger partial charge in [0.25, 0.3) is 11.8 Å². The Morgan fingerprint density at radius 3 is 2.68 bits per heavy atom. The zero-order valence-electron chi connectivity index (χ0n) is 16.5. The van der Waals surface area contributed by atoms with Crippen molar-refractivity contribution in [2.24, 2.45) is 0 Å². The maximum absolute atomic E-state index is 13.0. The summed E-state index contributed by atoms with van der Waals surface area (Å²) in [7, 11) is 0. The van der Waals surface area contributed by atoms with E-state index in [1.165, 1.54) is 0 Å². The van der Waals surface area contributed by atoms with Gasteiger partial charge in [0.1, 0.15) is 0 Å². The minimum atomic E-state index is -0.250. The van der Waals surface area contributed by atoms with E-state index in [0.29, 0.717) is 37.8 Å². The molecule has 0 unspecified atom stereocenters. The van der Waals surface area contributed by atoms with E-state index in [1.54, 1.807) is 4.90 Å². The van der Waals surface area contributed by atoms with Crippen molar-refractivity contribution in [2.45, 2.75) is 39.7 Å². The molecule has 0 saturated carbocycles. The molecule has 1 aromatic heterocycles. The Balaban J connectivity index is 1.65. The molecule has 2 amide bonds. The lowest BCUT2D eigenvalue weighted by Gasteiger charge is -2.27. The smallest absolute Gasteiger partial charge is 0.290 e. The van der Waals surface area contributed by atoms with E-state index >= 15 is 0 Å². The second-order valence-electron chi connectivity index (χ2n) is 7.45. The largest absolute Gasteiger partial charge is 0.378 e. The van der Waals surface area contributed by atoms with E-state index in [-0.39, 0.29) is 11.8 Å². The summed E-state index contributed by atoms with van der Waals surface area (Å²) in [4.78, 5) is 32.3. The molecular weight excluding hydrogens is 356 g/mol. The number of fused-ring (bicyclic) bond motifs is 1. The Kier molecular flexibility index (Phi) is 5.17. The minimum Gasteiger partial charge on any atom is -0.378 e. The second kappa shape index (κ2) is 7.75. The average molecular weight is 382 g/mol. The number of carbonyl (C=O) groups is 2. The molecular formula is C21H26N4O3. The van der Waals surface area contributed by atoms with Crippen molar-refractivity contribution in [1.82, 2.24) is 14.5 Å². The van der Waals surface area contributed by atoms with Crippen LogP contribution in [0.2, 0.25) is 0 Å². The molecule has 0 bridgehead atoms. The highest BCUT2D eigenvalue weighted by Crippen LogP contribution is 2.24. The van der Waals surface area contributed by atoms with Crippen LogP contribution in [0.4, 0.5) is 5.69 Å². The first-order valence-electron chi connectivity index (χ1n) is 9.90. The number of ether oxygens (including phenoxy) is 1. The average Bonchev–Trinajstić information content (AvgIpc) is 3.11. The van der Waals surface area contributed by atoms with Gasteiger partial charge in [0, 0.05) is 25.3 Å². The Labute approximate surface area is 164 Å². The van der Waals surface area contributed by atoms with Gasteiger partial charge in [0.15, 0.2) is 11.5 Å². The first-order valence-corrected chi connectivity index (χ1v) is 9.90. The molecule has 0 radical (unpaired) electrons. The van der Waals surface area contributed by atoms with Crippen molar-refractivity contribution >= 4 is 17.5 Å². The van der Waals surface area contributed by atoms with E-state index in [1.807, 2.05) is 36.6 Å². The minimum absolute atomic E-state index is 0.114. The normalized spacial score (nSPS) is 16.6. The Hall–Kier alpha value is -2.67.